The van der Waals surface area contributed by atoms with E-state index in [9.17, 15) is 0 Å². The van der Waals surface area contributed by atoms with Gasteiger partial charge in [-0.2, -0.15) is 0 Å². The molecule has 2 aromatic rings. The van der Waals surface area contributed by atoms with Crippen molar-refractivity contribution in [1.82, 2.24) is 0 Å². The summed E-state index contributed by atoms with van der Waals surface area (Å²) in [4.78, 5) is 3.97. The number of terminal acetylenes is 1. The number of hydrogen-bond donors (Lipinski definition) is 0. The summed E-state index contributed by atoms with van der Waals surface area (Å²) in [5, 5.41) is 0. The van der Waals surface area contributed by atoms with Gasteiger partial charge in [0.25, 0.3) is 0 Å². The molecule has 0 N–H and O–H groups in total. The normalized spacial score (nSPS) is 11.5. The van der Waals surface area contributed by atoms with E-state index in [1.54, 1.807) is 22.7 Å². The SMILES string of the molecule is C#Cc1ccc(C#C/C(C)=C(/C#Cc2ccc(C#C/C(C)=C(\C)CCC)s2)CCC)s1. The third kappa shape index (κ3) is 8.05. The molecule has 0 amide bonds. The fourth-order valence-electron chi connectivity index (χ4n) is 2.74. The second-order valence-electron chi connectivity index (χ2n) is 7.23. The fraction of sp³-hybridized carbons (Fsp3) is 0.310. The second kappa shape index (κ2) is 12.7. The van der Waals surface area contributed by atoms with E-state index in [0.29, 0.717) is 0 Å². The minimum Gasteiger partial charge on any atom is -0.118 e. The predicted molar refractivity (Wildman–Crippen MR) is 138 cm³/mol. The summed E-state index contributed by atoms with van der Waals surface area (Å²) in [6.07, 6.45) is 9.65. The first kappa shape index (κ1) is 24.4. The highest BCUT2D eigenvalue weighted by atomic mass is 32.1. The van der Waals surface area contributed by atoms with Crippen LogP contribution >= 0.6 is 22.7 Å². The van der Waals surface area contributed by atoms with E-state index < -0.39 is 0 Å². The number of rotatable bonds is 4. The predicted octanol–water partition coefficient (Wildman–Crippen LogP) is 7.80. The van der Waals surface area contributed by atoms with Crippen LogP contribution in [0.25, 0.3) is 0 Å². The zero-order valence-corrected chi connectivity index (χ0v) is 20.7. The van der Waals surface area contributed by atoms with Crippen LogP contribution in [0.1, 0.15) is 79.8 Å². The van der Waals surface area contributed by atoms with E-state index in [0.717, 1.165) is 56.3 Å². The summed E-state index contributed by atoms with van der Waals surface area (Å²) >= 11 is 3.18. The maximum atomic E-state index is 5.44. The smallest absolute Gasteiger partial charge is 0.0785 e. The van der Waals surface area contributed by atoms with Crippen LogP contribution in [0.2, 0.25) is 0 Å². The first-order valence-corrected chi connectivity index (χ1v) is 12.2. The van der Waals surface area contributed by atoms with Gasteiger partial charge >= 0.3 is 0 Å². The van der Waals surface area contributed by atoms with Gasteiger partial charge in [-0.1, -0.05) is 73.7 Å². The molecular formula is C29H28S2. The van der Waals surface area contributed by atoms with Crippen LogP contribution in [-0.2, 0) is 0 Å². The molecule has 0 radical (unpaired) electrons. The lowest BCUT2D eigenvalue weighted by molar-refractivity contribution is 0.897. The average molecular weight is 441 g/mol. The fourth-order valence-corrected chi connectivity index (χ4v) is 4.12. The topological polar surface area (TPSA) is 0 Å². The Morgan fingerprint density at radius 1 is 0.710 bits per heavy atom. The lowest BCUT2D eigenvalue weighted by atomic mass is 10.1. The van der Waals surface area contributed by atoms with E-state index in [4.69, 9.17) is 6.42 Å². The van der Waals surface area contributed by atoms with Gasteiger partial charge in [-0.15, -0.1) is 29.1 Å². The first-order valence-electron chi connectivity index (χ1n) is 10.5. The molecule has 0 atom stereocenters. The molecule has 0 spiro atoms. The highest BCUT2D eigenvalue weighted by Crippen LogP contribution is 2.17. The summed E-state index contributed by atoms with van der Waals surface area (Å²) in [5.41, 5.74) is 4.66. The Labute approximate surface area is 196 Å². The van der Waals surface area contributed by atoms with Gasteiger partial charge < -0.3 is 0 Å². The van der Waals surface area contributed by atoms with Crippen LogP contribution in [0.15, 0.2) is 46.6 Å². The Morgan fingerprint density at radius 3 is 1.71 bits per heavy atom. The molecule has 0 aromatic carbocycles. The zero-order chi connectivity index (χ0) is 22.6. The maximum absolute atomic E-state index is 5.44. The van der Waals surface area contributed by atoms with Gasteiger partial charge in [0.15, 0.2) is 0 Å². The molecule has 2 rings (SSSR count). The van der Waals surface area contributed by atoms with E-state index >= 15 is 0 Å². The average Bonchev–Trinajstić information content (AvgIpc) is 3.42. The van der Waals surface area contributed by atoms with Crippen LogP contribution in [0, 0.1) is 47.9 Å². The van der Waals surface area contributed by atoms with E-state index in [2.05, 4.69) is 81.3 Å². The zero-order valence-electron chi connectivity index (χ0n) is 19.0. The Hall–Kier alpha value is -2.88. The van der Waals surface area contributed by atoms with Gasteiger partial charge in [0.05, 0.1) is 19.5 Å². The Balaban J connectivity index is 2.21. The molecule has 2 aromatic heterocycles. The van der Waals surface area contributed by atoms with Crippen molar-refractivity contribution in [1.29, 1.82) is 0 Å². The maximum Gasteiger partial charge on any atom is 0.0785 e. The molecule has 0 fully saturated rings. The van der Waals surface area contributed by atoms with Crippen LogP contribution in [0.3, 0.4) is 0 Å². The first-order chi connectivity index (χ1) is 15.0. The third-order valence-corrected chi connectivity index (χ3v) is 6.50. The van der Waals surface area contributed by atoms with E-state index in [1.807, 2.05) is 19.1 Å². The molecule has 0 saturated heterocycles. The van der Waals surface area contributed by atoms with Crippen molar-refractivity contribution in [3.05, 3.63) is 66.1 Å². The quantitative estimate of drug-likeness (QED) is 0.425. The minimum absolute atomic E-state index is 0.905. The standard InChI is InChI=1S/C29H28S2/c1-7-10-22(4)23(5)12-15-28-20-21-29(31-28)17-14-25(11-8-2)24(6)13-16-27-19-18-26(9-3)30-27/h3,18-21H,7-8,10-11H2,1-2,4-6H3/b23-22+,25-24+. The Bertz CT molecular complexity index is 1200. The van der Waals surface area contributed by atoms with Crippen molar-refractivity contribution < 1.29 is 0 Å². The number of hydrogen-bond acceptors (Lipinski definition) is 2. The van der Waals surface area contributed by atoms with Gasteiger partial charge in [0, 0.05) is 11.1 Å². The molecule has 2 heterocycles. The highest BCUT2D eigenvalue weighted by Gasteiger charge is 2.00. The third-order valence-electron chi connectivity index (χ3n) is 4.66. The summed E-state index contributed by atoms with van der Waals surface area (Å²) < 4.78 is 0. The van der Waals surface area contributed by atoms with E-state index in [1.165, 1.54) is 11.1 Å². The van der Waals surface area contributed by atoms with Crippen molar-refractivity contribution in [3.8, 4) is 47.9 Å². The second-order valence-corrected chi connectivity index (χ2v) is 9.40. The van der Waals surface area contributed by atoms with Crippen LogP contribution in [0.5, 0.6) is 0 Å². The van der Waals surface area contributed by atoms with Gasteiger partial charge in [0.2, 0.25) is 0 Å². The van der Waals surface area contributed by atoms with E-state index in [-0.39, 0.29) is 0 Å². The van der Waals surface area contributed by atoms with Gasteiger partial charge in [0.1, 0.15) is 0 Å². The molecule has 31 heavy (non-hydrogen) atoms. The molecule has 0 bridgehead atoms. The van der Waals surface area contributed by atoms with Gasteiger partial charge in [-0.25, -0.2) is 0 Å². The molecule has 0 nitrogen and oxygen atoms in total. The molecule has 156 valence electrons. The van der Waals surface area contributed by atoms with Crippen molar-refractivity contribution in [2.24, 2.45) is 0 Å². The lowest BCUT2D eigenvalue weighted by Crippen LogP contribution is -1.84. The lowest BCUT2D eigenvalue weighted by Gasteiger charge is -1.98. The summed E-state index contributed by atoms with van der Waals surface area (Å²) in [6, 6.07) is 8.01. The van der Waals surface area contributed by atoms with Crippen molar-refractivity contribution in [3.63, 3.8) is 0 Å². The molecule has 2 heteroatoms. The van der Waals surface area contributed by atoms with Crippen molar-refractivity contribution >= 4 is 22.7 Å². The molecule has 0 saturated carbocycles. The summed E-state index contributed by atoms with van der Waals surface area (Å²) in [6.45, 7) is 10.7. The number of allylic oxidation sites excluding steroid dienone is 4. The molecular weight excluding hydrogens is 412 g/mol. The van der Waals surface area contributed by atoms with Crippen molar-refractivity contribution in [2.45, 2.75) is 60.3 Å². The molecule has 0 aliphatic carbocycles. The molecule has 0 aliphatic heterocycles. The largest absolute Gasteiger partial charge is 0.118 e. The highest BCUT2D eigenvalue weighted by molar-refractivity contribution is 7.13. The number of thiophene rings is 2. The summed E-state index contributed by atoms with van der Waals surface area (Å²) in [5.74, 6) is 22.4. The van der Waals surface area contributed by atoms with Crippen molar-refractivity contribution in [2.75, 3.05) is 0 Å². The van der Waals surface area contributed by atoms with Gasteiger partial charge in [-0.3, -0.25) is 0 Å². The van der Waals surface area contributed by atoms with Crippen LogP contribution in [0.4, 0.5) is 0 Å². The van der Waals surface area contributed by atoms with Gasteiger partial charge in [-0.05, 0) is 63.5 Å². The monoisotopic (exact) mass is 440 g/mol. The minimum atomic E-state index is 0.905. The molecule has 0 unspecified atom stereocenters. The molecule has 0 aliphatic rings. The summed E-state index contributed by atoms with van der Waals surface area (Å²) in [7, 11) is 0. The van der Waals surface area contributed by atoms with Crippen LogP contribution in [-0.4, -0.2) is 0 Å². The Morgan fingerprint density at radius 2 is 1.19 bits per heavy atom. The van der Waals surface area contributed by atoms with Crippen LogP contribution < -0.4 is 0 Å². The Kier molecular flexibility index (Phi) is 10.0.